The third kappa shape index (κ3) is 2.73. The summed E-state index contributed by atoms with van der Waals surface area (Å²) in [5.74, 6) is 0. The van der Waals surface area contributed by atoms with Crippen LogP contribution in [0.4, 0.5) is 0 Å². The average molecular weight is 289 g/mol. The molecule has 2 rings (SSSR count). The topological polar surface area (TPSA) is 74.8 Å². The smallest absolute Gasteiger partial charge is 0.244 e. The maximum absolute atomic E-state index is 12.3. The van der Waals surface area contributed by atoms with E-state index in [0.717, 1.165) is 19.3 Å². The average Bonchev–Trinajstić information content (AvgIpc) is 2.85. The molecule has 0 aromatic carbocycles. The molecular formula is C11H19N3O2S2. The van der Waals surface area contributed by atoms with Gasteiger partial charge in [0.05, 0.1) is 11.4 Å². The lowest BCUT2D eigenvalue weighted by molar-refractivity contribution is 0.551. The molecule has 1 aromatic rings. The van der Waals surface area contributed by atoms with E-state index >= 15 is 0 Å². The first-order valence-corrected chi connectivity index (χ1v) is 8.78. The highest BCUT2D eigenvalue weighted by molar-refractivity contribution is 7.99. The fourth-order valence-corrected chi connectivity index (χ4v) is 4.93. The molecule has 1 saturated carbocycles. The van der Waals surface area contributed by atoms with Gasteiger partial charge in [0.25, 0.3) is 0 Å². The Labute approximate surface area is 112 Å². The van der Waals surface area contributed by atoms with Crippen molar-refractivity contribution in [2.75, 3.05) is 6.26 Å². The highest BCUT2D eigenvalue weighted by Crippen LogP contribution is 2.29. The maximum atomic E-state index is 12.3. The first kappa shape index (κ1) is 13.9. The van der Waals surface area contributed by atoms with E-state index in [0.29, 0.717) is 21.5 Å². The summed E-state index contributed by atoms with van der Waals surface area (Å²) in [6.45, 7) is 3.44. The number of sulfonamides is 1. The monoisotopic (exact) mass is 289 g/mol. The molecule has 1 fully saturated rings. The molecule has 1 aliphatic carbocycles. The second-order valence-corrected chi connectivity index (χ2v) is 7.54. The van der Waals surface area contributed by atoms with E-state index in [1.165, 1.54) is 0 Å². The van der Waals surface area contributed by atoms with E-state index in [9.17, 15) is 8.42 Å². The van der Waals surface area contributed by atoms with E-state index in [-0.39, 0.29) is 6.04 Å². The van der Waals surface area contributed by atoms with Crippen molar-refractivity contribution in [3.63, 3.8) is 0 Å². The Hall–Kier alpha value is -0.530. The third-order valence-electron chi connectivity index (χ3n) is 3.37. The number of aromatic amines is 1. The fraction of sp³-hybridized carbons (Fsp3) is 0.727. The molecule has 0 bridgehead atoms. The zero-order valence-electron chi connectivity index (χ0n) is 10.9. The maximum Gasteiger partial charge on any atom is 0.244 e. The van der Waals surface area contributed by atoms with Crippen LogP contribution in [0.1, 0.15) is 30.7 Å². The van der Waals surface area contributed by atoms with E-state index in [1.807, 2.05) is 11.8 Å². The summed E-state index contributed by atoms with van der Waals surface area (Å²) in [5.41, 5.74) is 1.12. The third-order valence-corrected chi connectivity index (χ3v) is 6.25. The minimum atomic E-state index is -3.45. The van der Waals surface area contributed by atoms with Gasteiger partial charge in [-0.2, -0.15) is 16.9 Å². The van der Waals surface area contributed by atoms with Crippen LogP contribution in [-0.4, -0.2) is 36.2 Å². The SMILES string of the molecule is CSC1CCC(NS(=O)(=O)c2c(C)n[nH]c2C)C1. The molecule has 5 nitrogen and oxygen atoms in total. The normalized spacial score (nSPS) is 24.6. The van der Waals surface area contributed by atoms with E-state index in [4.69, 9.17) is 0 Å². The molecule has 0 amide bonds. The van der Waals surface area contributed by atoms with Crippen LogP contribution in [0.2, 0.25) is 0 Å². The lowest BCUT2D eigenvalue weighted by atomic mass is 10.3. The van der Waals surface area contributed by atoms with Gasteiger partial charge in [0.15, 0.2) is 0 Å². The standard InChI is InChI=1S/C11H19N3O2S2/c1-7-11(8(2)13-12-7)18(15,16)14-9-4-5-10(6-9)17-3/h9-10,14H,4-6H2,1-3H3,(H,12,13). The van der Waals surface area contributed by atoms with E-state index in [2.05, 4.69) is 21.2 Å². The molecule has 1 aliphatic rings. The highest BCUT2D eigenvalue weighted by Gasteiger charge is 2.30. The molecule has 102 valence electrons. The summed E-state index contributed by atoms with van der Waals surface area (Å²) in [6, 6.07) is 0.0566. The van der Waals surface area contributed by atoms with Crippen LogP contribution in [0.3, 0.4) is 0 Å². The molecule has 7 heteroatoms. The van der Waals surface area contributed by atoms with Gasteiger partial charge < -0.3 is 0 Å². The summed E-state index contributed by atoms with van der Waals surface area (Å²) in [4.78, 5) is 0.301. The number of aryl methyl sites for hydroxylation is 2. The highest BCUT2D eigenvalue weighted by atomic mass is 32.2. The number of nitrogens with zero attached hydrogens (tertiary/aromatic N) is 1. The zero-order valence-corrected chi connectivity index (χ0v) is 12.5. The van der Waals surface area contributed by atoms with Gasteiger partial charge >= 0.3 is 0 Å². The fourth-order valence-electron chi connectivity index (χ4n) is 2.48. The Morgan fingerprint density at radius 1 is 1.39 bits per heavy atom. The second kappa shape index (κ2) is 5.22. The van der Waals surface area contributed by atoms with Crippen molar-refractivity contribution in [1.82, 2.24) is 14.9 Å². The van der Waals surface area contributed by atoms with Gasteiger partial charge in [0, 0.05) is 11.3 Å². The van der Waals surface area contributed by atoms with Crippen LogP contribution in [0, 0.1) is 13.8 Å². The van der Waals surface area contributed by atoms with Gasteiger partial charge in [-0.05, 0) is 39.4 Å². The number of hydrogen-bond acceptors (Lipinski definition) is 4. The molecule has 0 spiro atoms. The van der Waals surface area contributed by atoms with Crippen molar-refractivity contribution < 1.29 is 8.42 Å². The number of H-pyrrole nitrogens is 1. The number of hydrogen-bond donors (Lipinski definition) is 2. The molecule has 0 aliphatic heterocycles. The largest absolute Gasteiger partial charge is 0.281 e. The van der Waals surface area contributed by atoms with Crippen molar-refractivity contribution >= 4 is 21.8 Å². The summed E-state index contributed by atoms with van der Waals surface area (Å²) in [5, 5.41) is 7.23. The van der Waals surface area contributed by atoms with Crippen molar-refractivity contribution in [1.29, 1.82) is 0 Å². The van der Waals surface area contributed by atoms with Gasteiger partial charge in [-0.3, -0.25) is 5.10 Å². The van der Waals surface area contributed by atoms with Crippen molar-refractivity contribution in [2.24, 2.45) is 0 Å². The summed E-state index contributed by atoms with van der Waals surface area (Å²) in [7, 11) is -3.45. The van der Waals surface area contributed by atoms with Crippen LogP contribution in [0.5, 0.6) is 0 Å². The zero-order chi connectivity index (χ0) is 13.3. The summed E-state index contributed by atoms with van der Waals surface area (Å²) in [6.07, 6.45) is 4.99. The first-order chi connectivity index (χ1) is 8.44. The quantitative estimate of drug-likeness (QED) is 0.882. The predicted octanol–water partition coefficient (Wildman–Crippen LogP) is 1.59. The Balaban J connectivity index is 2.14. The molecular weight excluding hydrogens is 270 g/mol. The Morgan fingerprint density at radius 3 is 2.61 bits per heavy atom. The molecule has 1 heterocycles. The Morgan fingerprint density at radius 2 is 2.11 bits per heavy atom. The summed E-state index contributed by atoms with van der Waals surface area (Å²) >= 11 is 1.81. The van der Waals surface area contributed by atoms with Crippen molar-refractivity contribution in [3.8, 4) is 0 Å². The van der Waals surface area contributed by atoms with Crippen molar-refractivity contribution in [2.45, 2.75) is 49.3 Å². The Kier molecular flexibility index (Phi) is 4.03. The van der Waals surface area contributed by atoms with Crippen LogP contribution in [-0.2, 0) is 10.0 Å². The van der Waals surface area contributed by atoms with Crippen LogP contribution < -0.4 is 4.72 Å². The minimum Gasteiger partial charge on any atom is -0.281 e. The molecule has 2 unspecified atom stereocenters. The number of thioether (sulfide) groups is 1. The van der Waals surface area contributed by atoms with Gasteiger partial charge in [-0.25, -0.2) is 13.1 Å². The van der Waals surface area contributed by atoms with E-state index in [1.54, 1.807) is 13.8 Å². The minimum absolute atomic E-state index is 0.0566. The van der Waals surface area contributed by atoms with Gasteiger partial charge in [0.1, 0.15) is 4.90 Å². The molecule has 2 N–H and O–H groups in total. The second-order valence-electron chi connectivity index (χ2n) is 4.75. The van der Waals surface area contributed by atoms with Crippen LogP contribution in [0.15, 0.2) is 4.90 Å². The molecule has 2 atom stereocenters. The lowest BCUT2D eigenvalue weighted by Crippen LogP contribution is -2.33. The lowest BCUT2D eigenvalue weighted by Gasteiger charge is -2.13. The van der Waals surface area contributed by atoms with Gasteiger partial charge in [-0.1, -0.05) is 0 Å². The van der Waals surface area contributed by atoms with Crippen LogP contribution >= 0.6 is 11.8 Å². The number of rotatable bonds is 4. The van der Waals surface area contributed by atoms with Crippen molar-refractivity contribution in [3.05, 3.63) is 11.4 Å². The number of aromatic nitrogens is 2. The molecule has 0 radical (unpaired) electrons. The number of nitrogens with one attached hydrogen (secondary N) is 2. The predicted molar refractivity (Wildman–Crippen MR) is 73.3 cm³/mol. The first-order valence-electron chi connectivity index (χ1n) is 6.00. The van der Waals surface area contributed by atoms with Crippen LogP contribution in [0.25, 0.3) is 0 Å². The molecule has 1 aromatic heterocycles. The van der Waals surface area contributed by atoms with Gasteiger partial charge in [0.2, 0.25) is 10.0 Å². The Bertz CT molecular complexity index is 505. The summed E-state index contributed by atoms with van der Waals surface area (Å²) < 4.78 is 27.4. The molecule has 0 saturated heterocycles. The van der Waals surface area contributed by atoms with Gasteiger partial charge in [-0.15, -0.1) is 0 Å². The van der Waals surface area contributed by atoms with E-state index < -0.39 is 10.0 Å². The molecule has 18 heavy (non-hydrogen) atoms.